The highest BCUT2D eigenvalue weighted by Gasteiger charge is 2.09. The number of nitrogen functional groups attached to an aromatic ring is 1. The molecule has 0 atom stereocenters. The van der Waals surface area contributed by atoms with Crippen LogP contribution in [0.2, 0.25) is 0 Å². The van der Waals surface area contributed by atoms with Crippen LogP contribution in [0.25, 0.3) is 0 Å². The molecular formula is C7H8N4O4S. The molecule has 0 aliphatic carbocycles. The fraction of sp³-hybridized carbons (Fsp3) is 0.286. The van der Waals surface area contributed by atoms with Crippen LogP contribution >= 0.6 is 11.5 Å². The third-order valence-corrected chi connectivity index (χ3v) is 1.90. The van der Waals surface area contributed by atoms with Crippen LogP contribution in [0.15, 0.2) is 5.16 Å². The second-order valence-corrected chi connectivity index (χ2v) is 3.31. The van der Waals surface area contributed by atoms with E-state index in [1.54, 1.807) is 0 Å². The standard InChI is InChI=1S/C7H8N4O4S/c8-7-9-6(11-16-7)4(3-12)10-15-2-1-5(13)14/h3H,1-2H2,(H,13,14)(H2,8,9,11)/b10-4-. The maximum atomic E-state index is 10.6. The lowest BCUT2D eigenvalue weighted by Gasteiger charge is -1.96. The molecule has 0 fully saturated rings. The largest absolute Gasteiger partial charge is 0.481 e. The third-order valence-electron chi connectivity index (χ3n) is 1.35. The molecule has 0 unspecified atom stereocenters. The number of oxime groups is 1. The Hall–Kier alpha value is -2.03. The maximum absolute atomic E-state index is 10.6. The number of aldehydes is 1. The monoisotopic (exact) mass is 244 g/mol. The number of hydrogen-bond donors (Lipinski definition) is 2. The molecule has 0 aliphatic rings. The molecule has 0 spiro atoms. The van der Waals surface area contributed by atoms with Gasteiger partial charge in [0.15, 0.2) is 23.0 Å². The minimum Gasteiger partial charge on any atom is -0.481 e. The number of nitrogens with zero attached hydrogens (tertiary/aromatic N) is 3. The number of carboxylic acid groups (broad SMARTS) is 1. The summed E-state index contributed by atoms with van der Waals surface area (Å²) in [5.74, 6) is -0.952. The minimum atomic E-state index is -1.01. The molecule has 0 aromatic carbocycles. The summed E-state index contributed by atoms with van der Waals surface area (Å²) in [6.45, 7) is -0.133. The first-order chi connectivity index (χ1) is 7.63. The van der Waals surface area contributed by atoms with Crippen LogP contribution < -0.4 is 5.73 Å². The minimum absolute atomic E-state index is 0.0628. The first-order valence-electron chi connectivity index (χ1n) is 4.10. The Labute approximate surface area is 93.9 Å². The molecule has 8 nitrogen and oxygen atoms in total. The van der Waals surface area contributed by atoms with Gasteiger partial charge in [-0.1, -0.05) is 5.16 Å². The van der Waals surface area contributed by atoms with Crippen molar-refractivity contribution in [1.29, 1.82) is 0 Å². The molecule has 0 saturated heterocycles. The van der Waals surface area contributed by atoms with Gasteiger partial charge >= 0.3 is 5.97 Å². The number of carboxylic acids is 1. The van der Waals surface area contributed by atoms with Crippen molar-refractivity contribution in [2.75, 3.05) is 12.3 Å². The van der Waals surface area contributed by atoms with E-state index in [4.69, 9.17) is 10.8 Å². The predicted octanol–water partition coefficient (Wildman–Crippen LogP) is -0.485. The number of hydrogen-bond acceptors (Lipinski definition) is 8. The summed E-state index contributed by atoms with van der Waals surface area (Å²) in [6, 6.07) is 0. The van der Waals surface area contributed by atoms with E-state index in [9.17, 15) is 9.59 Å². The van der Waals surface area contributed by atoms with E-state index >= 15 is 0 Å². The lowest BCUT2D eigenvalue weighted by molar-refractivity contribution is -0.138. The Kier molecular flexibility index (Phi) is 4.33. The Balaban J connectivity index is 2.57. The van der Waals surface area contributed by atoms with Gasteiger partial charge in [-0.3, -0.25) is 9.59 Å². The summed E-state index contributed by atoms with van der Waals surface area (Å²) in [7, 11) is 0. The quantitative estimate of drug-likeness (QED) is 0.299. The molecule has 0 aliphatic heterocycles. The highest BCUT2D eigenvalue weighted by molar-refractivity contribution is 7.09. The van der Waals surface area contributed by atoms with Crippen LogP contribution in [-0.2, 0) is 14.4 Å². The van der Waals surface area contributed by atoms with Crippen LogP contribution in [0.4, 0.5) is 5.13 Å². The van der Waals surface area contributed by atoms with Gasteiger partial charge in [0.05, 0.1) is 6.42 Å². The van der Waals surface area contributed by atoms with E-state index < -0.39 is 5.97 Å². The van der Waals surface area contributed by atoms with Crippen molar-refractivity contribution in [3.05, 3.63) is 5.82 Å². The third kappa shape index (κ3) is 3.61. The zero-order valence-corrected chi connectivity index (χ0v) is 8.81. The van der Waals surface area contributed by atoms with Crippen LogP contribution in [0.5, 0.6) is 0 Å². The first-order valence-corrected chi connectivity index (χ1v) is 4.87. The van der Waals surface area contributed by atoms with Gasteiger partial charge in [-0.05, 0) is 0 Å². The number of aliphatic carboxylic acids is 1. The average Bonchev–Trinajstić information content (AvgIpc) is 2.64. The maximum Gasteiger partial charge on any atom is 0.306 e. The zero-order chi connectivity index (χ0) is 12.0. The van der Waals surface area contributed by atoms with Crippen molar-refractivity contribution in [3.63, 3.8) is 0 Å². The number of anilines is 1. The Morgan fingerprint density at radius 2 is 2.44 bits per heavy atom. The summed E-state index contributed by atoms with van der Waals surface area (Å²) in [5, 5.41) is 11.9. The van der Waals surface area contributed by atoms with Crippen molar-refractivity contribution in [2.24, 2.45) is 5.16 Å². The molecule has 1 aromatic rings. The number of carbonyl (C=O) groups is 2. The topological polar surface area (TPSA) is 128 Å². The molecule has 3 N–H and O–H groups in total. The second-order valence-electron chi connectivity index (χ2n) is 2.53. The molecule has 0 saturated carbocycles. The van der Waals surface area contributed by atoms with E-state index in [2.05, 4.69) is 19.4 Å². The molecular weight excluding hydrogens is 236 g/mol. The molecule has 0 radical (unpaired) electrons. The molecule has 86 valence electrons. The lowest BCUT2D eigenvalue weighted by Crippen LogP contribution is -2.07. The summed E-state index contributed by atoms with van der Waals surface area (Å²) >= 11 is 0.919. The number of aromatic nitrogens is 2. The Bertz CT molecular complexity index is 416. The fourth-order valence-electron chi connectivity index (χ4n) is 0.702. The second kappa shape index (κ2) is 5.75. The van der Waals surface area contributed by atoms with Gasteiger partial charge in [-0.2, -0.15) is 9.36 Å². The van der Waals surface area contributed by atoms with Crippen molar-refractivity contribution < 1.29 is 19.5 Å². The smallest absolute Gasteiger partial charge is 0.306 e. The average molecular weight is 244 g/mol. The van der Waals surface area contributed by atoms with Crippen LogP contribution in [0, 0.1) is 0 Å². The van der Waals surface area contributed by atoms with E-state index in [-0.39, 0.29) is 29.7 Å². The highest BCUT2D eigenvalue weighted by atomic mass is 32.1. The van der Waals surface area contributed by atoms with Crippen molar-refractivity contribution in [2.45, 2.75) is 6.42 Å². The molecule has 1 aromatic heterocycles. The summed E-state index contributed by atoms with van der Waals surface area (Å²) in [6.07, 6.45) is 0.199. The molecule has 1 heterocycles. The van der Waals surface area contributed by atoms with Gasteiger partial charge in [-0.15, -0.1) is 0 Å². The van der Waals surface area contributed by atoms with E-state index in [1.165, 1.54) is 0 Å². The van der Waals surface area contributed by atoms with Gasteiger partial charge in [0, 0.05) is 11.5 Å². The van der Waals surface area contributed by atoms with Crippen LogP contribution in [0.1, 0.15) is 12.2 Å². The molecule has 0 bridgehead atoms. The van der Waals surface area contributed by atoms with Gasteiger partial charge in [0.2, 0.25) is 0 Å². The molecule has 9 heteroatoms. The summed E-state index contributed by atoms with van der Waals surface area (Å²) in [4.78, 5) is 29.1. The van der Waals surface area contributed by atoms with Crippen molar-refractivity contribution in [3.8, 4) is 0 Å². The molecule has 16 heavy (non-hydrogen) atoms. The SMILES string of the molecule is Nc1nc(/C(C=O)=N\OCCC(=O)O)ns1. The number of carbonyl (C=O) groups excluding carboxylic acids is 1. The van der Waals surface area contributed by atoms with Gasteiger partial charge in [0.1, 0.15) is 6.61 Å². The Morgan fingerprint density at radius 1 is 1.69 bits per heavy atom. The number of rotatable bonds is 6. The highest BCUT2D eigenvalue weighted by Crippen LogP contribution is 2.06. The Morgan fingerprint density at radius 3 is 2.94 bits per heavy atom. The normalized spacial score (nSPS) is 11.1. The van der Waals surface area contributed by atoms with E-state index in [1.807, 2.05) is 0 Å². The van der Waals surface area contributed by atoms with E-state index in [0.717, 1.165) is 11.5 Å². The molecule has 1 rings (SSSR count). The van der Waals surface area contributed by atoms with Gasteiger partial charge < -0.3 is 15.7 Å². The van der Waals surface area contributed by atoms with Crippen LogP contribution in [-0.4, -0.2) is 39.0 Å². The molecule has 0 amide bonds. The first kappa shape index (κ1) is 12.0. The van der Waals surface area contributed by atoms with E-state index in [0.29, 0.717) is 6.29 Å². The zero-order valence-electron chi connectivity index (χ0n) is 7.99. The van der Waals surface area contributed by atoms with Crippen LogP contribution in [0.3, 0.4) is 0 Å². The fourth-order valence-corrected chi connectivity index (χ4v) is 1.14. The number of nitrogens with two attached hydrogens (primary N) is 1. The van der Waals surface area contributed by atoms with Gasteiger partial charge in [-0.25, -0.2) is 0 Å². The predicted molar refractivity (Wildman–Crippen MR) is 55.1 cm³/mol. The summed E-state index contributed by atoms with van der Waals surface area (Å²) < 4.78 is 3.75. The van der Waals surface area contributed by atoms with Gasteiger partial charge in [0.25, 0.3) is 0 Å². The summed E-state index contributed by atoms with van der Waals surface area (Å²) in [5.41, 5.74) is 5.19. The van der Waals surface area contributed by atoms with Crippen molar-refractivity contribution >= 4 is 34.6 Å². The lowest BCUT2D eigenvalue weighted by atomic mass is 10.4. The van der Waals surface area contributed by atoms with Crippen molar-refractivity contribution in [1.82, 2.24) is 9.36 Å².